The number of halogens is 1. The topological polar surface area (TPSA) is 64.1 Å². The van der Waals surface area contributed by atoms with Crippen LogP contribution in [0.5, 0.6) is 11.5 Å². The standard InChI is InChI=1S/C22H24FN3O4S/c1-28-18-5-3-4-16(20(18)29-2)21(27)26(9-8-25-10-12-30-13-11-25)22-24-17-7-6-15(23)14-19(17)31-22/h3-7,14H,8-13H2,1-2H3. The first-order chi connectivity index (χ1) is 15.1. The van der Waals surface area contributed by atoms with Crippen LogP contribution in [0, 0.1) is 5.82 Å². The molecular weight excluding hydrogens is 421 g/mol. The number of hydrogen-bond donors (Lipinski definition) is 0. The molecule has 0 radical (unpaired) electrons. The maximum atomic E-state index is 13.7. The Bertz CT molecular complexity index is 1070. The van der Waals surface area contributed by atoms with E-state index in [2.05, 4.69) is 9.88 Å². The lowest BCUT2D eigenvalue weighted by molar-refractivity contribution is 0.0391. The van der Waals surface area contributed by atoms with Gasteiger partial charge in [-0.1, -0.05) is 17.4 Å². The van der Waals surface area contributed by atoms with Gasteiger partial charge < -0.3 is 14.2 Å². The van der Waals surface area contributed by atoms with E-state index >= 15 is 0 Å². The molecule has 1 saturated heterocycles. The van der Waals surface area contributed by atoms with Crippen LogP contribution in [-0.4, -0.2) is 69.4 Å². The van der Waals surface area contributed by atoms with E-state index in [1.54, 1.807) is 29.2 Å². The minimum Gasteiger partial charge on any atom is -0.493 e. The first-order valence-electron chi connectivity index (χ1n) is 9.99. The highest BCUT2D eigenvalue weighted by Crippen LogP contribution is 2.35. The van der Waals surface area contributed by atoms with Gasteiger partial charge in [-0.25, -0.2) is 9.37 Å². The molecule has 1 amide bonds. The summed E-state index contributed by atoms with van der Waals surface area (Å²) >= 11 is 1.29. The lowest BCUT2D eigenvalue weighted by Gasteiger charge is -2.29. The summed E-state index contributed by atoms with van der Waals surface area (Å²) in [6.45, 7) is 4.09. The number of nitrogens with zero attached hydrogens (tertiary/aromatic N) is 3. The summed E-state index contributed by atoms with van der Waals surface area (Å²) in [5, 5.41) is 0.517. The lowest BCUT2D eigenvalue weighted by atomic mass is 10.1. The van der Waals surface area contributed by atoms with Gasteiger partial charge in [0.05, 0.1) is 43.2 Å². The Labute approximate surface area is 183 Å². The van der Waals surface area contributed by atoms with Crippen molar-refractivity contribution in [3.05, 3.63) is 47.8 Å². The Kier molecular flexibility index (Phi) is 6.64. The van der Waals surface area contributed by atoms with Gasteiger partial charge in [-0.2, -0.15) is 0 Å². The van der Waals surface area contributed by atoms with Gasteiger partial charge in [0.1, 0.15) is 5.82 Å². The molecule has 164 valence electrons. The Hall–Kier alpha value is -2.75. The number of rotatable bonds is 7. The van der Waals surface area contributed by atoms with Crippen LogP contribution >= 0.6 is 11.3 Å². The molecule has 0 saturated carbocycles. The van der Waals surface area contributed by atoms with Gasteiger partial charge in [0.15, 0.2) is 16.6 Å². The second kappa shape index (κ2) is 9.59. The van der Waals surface area contributed by atoms with Crippen molar-refractivity contribution in [2.24, 2.45) is 0 Å². The van der Waals surface area contributed by atoms with E-state index in [4.69, 9.17) is 14.2 Å². The average molecular weight is 446 g/mol. The van der Waals surface area contributed by atoms with Gasteiger partial charge >= 0.3 is 0 Å². The summed E-state index contributed by atoms with van der Waals surface area (Å²) < 4.78 is 30.6. The van der Waals surface area contributed by atoms with Crippen LogP contribution in [0.1, 0.15) is 10.4 Å². The molecule has 3 aromatic rings. The van der Waals surface area contributed by atoms with Crippen molar-refractivity contribution in [2.45, 2.75) is 0 Å². The Morgan fingerprint density at radius 3 is 2.77 bits per heavy atom. The maximum Gasteiger partial charge on any atom is 0.264 e. The van der Waals surface area contributed by atoms with Gasteiger partial charge in [0.25, 0.3) is 5.91 Å². The summed E-state index contributed by atoms with van der Waals surface area (Å²) in [6, 6.07) is 9.64. The molecule has 1 aliphatic heterocycles. The van der Waals surface area contributed by atoms with Crippen LogP contribution in [-0.2, 0) is 4.74 Å². The van der Waals surface area contributed by atoms with Crippen molar-refractivity contribution >= 4 is 32.6 Å². The number of anilines is 1. The van der Waals surface area contributed by atoms with Crippen LogP contribution in [0.25, 0.3) is 10.2 Å². The summed E-state index contributed by atoms with van der Waals surface area (Å²) in [6.07, 6.45) is 0. The van der Waals surface area contributed by atoms with E-state index in [1.165, 1.54) is 37.7 Å². The van der Waals surface area contributed by atoms with Crippen LogP contribution < -0.4 is 14.4 Å². The highest BCUT2D eigenvalue weighted by molar-refractivity contribution is 7.22. The number of amides is 1. The summed E-state index contributed by atoms with van der Waals surface area (Å²) in [7, 11) is 3.04. The second-order valence-electron chi connectivity index (χ2n) is 7.06. The molecule has 0 bridgehead atoms. The maximum absolute atomic E-state index is 13.7. The van der Waals surface area contributed by atoms with Gasteiger partial charge in [-0.15, -0.1) is 0 Å². The largest absolute Gasteiger partial charge is 0.493 e. The highest BCUT2D eigenvalue weighted by atomic mass is 32.1. The third-order valence-corrected chi connectivity index (χ3v) is 6.23. The Morgan fingerprint density at radius 1 is 1.23 bits per heavy atom. The van der Waals surface area contributed by atoms with E-state index in [1.807, 2.05) is 0 Å². The Balaban J connectivity index is 1.69. The molecule has 9 heteroatoms. The summed E-state index contributed by atoms with van der Waals surface area (Å²) in [5.74, 6) is 0.276. The van der Waals surface area contributed by atoms with E-state index < -0.39 is 0 Å². The molecule has 7 nitrogen and oxygen atoms in total. The number of fused-ring (bicyclic) bond motifs is 1. The van der Waals surface area contributed by atoms with Crippen molar-refractivity contribution in [3.63, 3.8) is 0 Å². The Morgan fingerprint density at radius 2 is 2.03 bits per heavy atom. The molecule has 1 aromatic heterocycles. The third-order valence-electron chi connectivity index (χ3n) is 5.19. The van der Waals surface area contributed by atoms with E-state index in [0.717, 1.165) is 13.1 Å². The normalized spacial score (nSPS) is 14.5. The van der Waals surface area contributed by atoms with Crippen LogP contribution in [0.3, 0.4) is 0 Å². The molecule has 0 aliphatic carbocycles. The number of methoxy groups -OCH3 is 2. The van der Waals surface area contributed by atoms with E-state index in [-0.39, 0.29) is 11.7 Å². The first kappa shape index (κ1) is 21.5. The zero-order chi connectivity index (χ0) is 21.8. The first-order valence-corrected chi connectivity index (χ1v) is 10.8. The molecule has 2 heterocycles. The molecule has 2 aromatic carbocycles. The van der Waals surface area contributed by atoms with Crippen molar-refractivity contribution in [1.82, 2.24) is 9.88 Å². The van der Waals surface area contributed by atoms with E-state index in [9.17, 15) is 9.18 Å². The molecular formula is C22H24FN3O4S. The van der Waals surface area contributed by atoms with Crippen molar-refractivity contribution < 1.29 is 23.4 Å². The highest BCUT2D eigenvalue weighted by Gasteiger charge is 2.26. The number of hydrogen-bond acceptors (Lipinski definition) is 7. The van der Waals surface area contributed by atoms with Gasteiger partial charge in [-0.3, -0.25) is 14.6 Å². The fourth-order valence-corrected chi connectivity index (χ4v) is 4.57. The number of benzene rings is 2. The quantitative estimate of drug-likeness (QED) is 0.555. The molecule has 4 rings (SSSR count). The third kappa shape index (κ3) is 4.63. The average Bonchev–Trinajstić information content (AvgIpc) is 3.21. The molecule has 0 unspecified atom stereocenters. The fraction of sp³-hybridized carbons (Fsp3) is 0.364. The van der Waals surface area contributed by atoms with Crippen LogP contribution in [0.4, 0.5) is 9.52 Å². The van der Waals surface area contributed by atoms with Crippen molar-refractivity contribution in [1.29, 1.82) is 0 Å². The predicted molar refractivity (Wildman–Crippen MR) is 118 cm³/mol. The molecule has 31 heavy (non-hydrogen) atoms. The number of aromatic nitrogens is 1. The van der Waals surface area contributed by atoms with E-state index in [0.29, 0.717) is 58.7 Å². The summed E-state index contributed by atoms with van der Waals surface area (Å²) in [5.41, 5.74) is 1.04. The van der Waals surface area contributed by atoms with Gasteiger partial charge in [0, 0.05) is 26.2 Å². The van der Waals surface area contributed by atoms with Gasteiger partial charge in [-0.05, 0) is 30.3 Å². The monoisotopic (exact) mass is 445 g/mol. The number of carbonyl (C=O) groups is 1. The second-order valence-corrected chi connectivity index (χ2v) is 8.07. The predicted octanol–water partition coefficient (Wildman–Crippen LogP) is 3.43. The van der Waals surface area contributed by atoms with Crippen LogP contribution in [0.2, 0.25) is 0 Å². The number of para-hydroxylation sites is 1. The molecule has 0 N–H and O–H groups in total. The zero-order valence-electron chi connectivity index (χ0n) is 17.5. The summed E-state index contributed by atoms with van der Waals surface area (Å²) in [4.78, 5) is 22.1. The number of morpholine rings is 1. The van der Waals surface area contributed by atoms with Crippen LogP contribution in [0.15, 0.2) is 36.4 Å². The fourth-order valence-electron chi connectivity index (χ4n) is 3.55. The van der Waals surface area contributed by atoms with Crippen molar-refractivity contribution in [2.75, 3.05) is 58.5 Å². The molecule has 0 atom stereocenters. The zero-order valence-corrected chi connectivity index (χ0v) is 18.3. The number of ether oxygens (including phenoxy) is 3. The molecule has 1 fully saturated rings. The smallest absolute Gasteiger partial charge is 0.264 e. The number of thiazole rings is 1. The lowest BCUT2D eigenvalue weighted by Crippen LogP contribution is -2.43. The van der Waals surface area contributed by atoms with Crippen molar-refractivity contribution in [3.8, 4) is 11.5 Å². The minimum atomic E-state index is -0.330. The molecule has 0 spiro atoms. The molecule has 1 aliphatic rings. The minimum absolute atomic E-state index is 0.247. The SMILES string of the molecule is COc1cccc(C(=O)N(CCN2CCOCC2)c2nc3ccc(F)cc3s2)c1OC. The van der Waals surface area contributed by atoms with Gasteiger partial charge in [0.2, 0.25) is 0 Å². The number of carbonyl (C=O) groups excluding carboxylic acids is 1.